The van der Waals surface area contributed by atoms with Crippen molar-refractivity contribution in [2.45, 2.75) is 27.0 Å². The first-order valence-corrected chi connectivity index (χ1v) is 3.73. The van der Waals surface area contributed by atoms with Gasteiger partial charge in [0.2, 0.25) is 0 Å². The van der Waals surface area contributed by atoms with Crippen LogP contribution in [0, 0.1) is 5.41 Å². The summed E-state index contributed by atoms with van der Waals surface area (Å²) in [4.78, 5) is 10.5. The van der Waals surface area contributed by atoms with E-state index in [1.807, 2.05) is 20.8 Å². The molecule has 0 fully saturated rings. The maximum Gasteiger partial charge on any atom is 0.377 e. The van der Waals surface area contributed by atoms with Gasteiger partial charge in [0.15, 0.2) is 6.21 Å². The average Bonchev–Trinajstić information content (AvgIpc) is 2.31. The smallest absolute Gasteiger partial charge is 0.310 e. The highest BCUT2D eigenvalue weighted by Gasteiger charge is 2.38. The van der Waals surface area contributed by atoms with Gasteiger partial charge in [-0.2, -0.15) is 0 Å². The van der Waals surface area contributed by atoms with Crippen LogP contribution >= 0.6 is 0 Å². The molecule has 0 bridgehead atoms. The third-order valence-corrected chi connectivity index (χ3v) is 1.67. The fourth-order valence-corrected chi connectivity index (χ4v) is 1.20. The molecule has 62 valence electrons. The van der Waals surface area contributed by atoms with Gasteiger partial charge in [-0.3, -0.25) is 0 Å². The molecule has 3 heteroatoms. The summed E-state index contributed by atoms with van der Waals surface area (Å²) >= 11 is 0. The van der Waals surface area contributed by atoms with E-state index in [1.54, 1.807) is 10.8 Å². The molecule has 1 heterocycles. The van der Waals surface area contributed by atoms with Gasteiger partial charge in [-0.1, -0.05) is 20.8 Å². The van der Waals surface area contributed by atoms with Crippen LogP contribution in [-0.4, -0.2) is 30.0 Å². The van der Waals surface area contributed by atoms with Crippen molar-refractivity contribution in [3.05, 3.63) is 0 Å². The first-order valence-electron chi connectivity index (χ1n) is 3.73. The minimum Gasteiger partial charge on any atom is -0.310 e. The fraction of sp³-hybridized carbons (Fsp3) is 0.750. The summed E-state index contributed by atoms with van der Waals surface area (Å²) in [5.74, 6) is 0. The van der Waals surface area contributed by atoms with Crippen LogP contribution in [0.15, 0.2) is 0 Å². The summed E-state index contributed by atoms with van der Waals surface area (Å²) < 4.78 is 6.94. The maximum atomic E-state index is 10.5. The Kier molecular flexibility index (Phi) is 2.09. The van der Waals surface area contributed by atoms with Gasteiger partial charge in [-0.15, -0.1) is 4.58 Å². The Morgan fingerprint density at radius 2 is 2.27 bits per heavy atom. The number of carbonyl (C=O) groups is 1. The number of carbonyl (C=O) groups excluding carboxylic acids is 1. The fourth-order valence-electron chi connectivity index (χ4n) is 1.20. The van der Waals surface area contributed by atoms with Crippen molar-refractivity contribution in [1.82, 2.24) is 0 Å². The van der Waals surface area contributed by atoms with Gasteiger partial charge in [0.05, 0.1) is 5.41 Å². The van der Waals surface area contributed by atoms with Crippen molar-refractivity contribution in [2.24, 2.45) is 5.41 Å². The highest BCUT2D eigenvalue weighted by Crippen LogP contribution is 2.23. The Balaban J connectivity index is 2.75. The number of rotatable bonds is 1. The first kappa shape index (κ1) is 8.40. The standard InChI is InChI=1S/C8H14NO2/c1-8(2,3)7-9(6-10)4-5-11-7/h4,6-7H,5H2,1-3H3/q+1. The molecule has 3 nitrogen and oxygen atoms in total. The van der Waals surface area contributed by atoms with Crippen LogP contribution < -0.4 is 0 Å². The first-order chi connectivity index (χ1) is 5.05. The predicted octanol–water partition coefficient (Wildman–Crippen LogP) is 0.629. The molecule has 0 saturated carbocycles. The largest absolute Gasteiger partial charge is 0.377 e. The third-order valence-electron chi connectivity index (χ3n) is 1.67. The van der Waals surface area contributed by atoms with Crippen molar-refractivity contribution in [3.63, 3.8) is 0 Å². The molecule has 1 aliphatic rings. The van der Waals surface area contributed by atoms with E-state index in [2.05, 4.69) is 0 Å². The van der Waals surface area contributed by atoms with Crippen LogP contribution in [0.25, 0.3) is 0 Å². The second kappa shape index (κ2) is 2.74. The molecule has 1 rings (SSSR count). The zero-order valence-corrected chi connectivity index (χ0v) is 7.20. The zero-order chi connectivity index (χ0) is 8.48. The topological polar surface area (TPSA) is 29.3 Å². The predicted molar refractivity (Wildman–Crippen MR) is 41.6 cm³/mol. The van der Waals surface area contributed by atoms with Crippen molar-refractivity contribution in [1.29, 1.82) is 0 Å². The molecule has 0 spiro atoms. The summed E-state index contributed by atoms with van der Waals surface area (Å²) in [6, 6.07) is 0. The summed E-state index contributed by atoms with van der Waals surface area (Å²) in [6.45, 7) is 6.69. The molecule has 1 aliphatic heterocycles. The summed E-state index contributed by atoms with van der Waals surface area (Å²) in [5, 5.41) is 0. The molecular weight excluding hydrogens is 142 g/mol. The van der Waals surface area contributed by atoms with Crippen LogP contribution in [0.5, 0.6) is 0 Å². The lowest BCUT2D eigenvalue weighted by atomic mass is 9.94. The molecule has 1 atom stereocenters. The number of amides is 1. The summed E-state index contributed by atoms with van der Waals surface area (Å²) in [6.07, 6.45) is 2.48. The second-order valence-electron chi connectivity index (χ2n) is 3.79. The van der Waals surface area contributed by atoms with Crippen molar-refractivity contribution in [3.8, 4) is 0 Å². The minimum atomic E-state index is -0.0972. The van der Waals surface area contributed by atoms with Crippen LogP contribution in [0.1, 0.15) is 20.8 Å². The Morgan fingerprint density at radius 3 is 2.64 bits per heavy atom. The van der Waals surface area contributed by atoms with E-state index >= 15 is 0 Å². The molecular formula is C8H14NO2+. The number of nitrogens with zero attached hydrogens (tertiary/aromatic N) is 1. The van der Waals surface area contributed by atoms with E-state index in [1.165, 1.54) is 0 Å². The lowest BCUT2D eigenvalue weighted by Crippen LogP contribution is -2.35. The molecule has 0 radical (unpaired) electrons. The zero-order valence-electron chi connectivity index (χ0n) is 7.20. The van der Waals surface area contributed by atoms with E-state index in [4.69, 9.17) is 4.74 Å². The Morgan fingerprint density at radius 1 is 1.64 bits per heavy atom. The average molecular weight is 156 g/mol. The van der Waals surface area contributed by atoms with E-state index in [0.717, 1.165) is 6.41 Å². The van der Waals surface area contributed by atoms with E-state index in [0.29, 0.717) is 6.61 Å². The molecule has 0 aromatic rings. The van der Waals surface area contributed by atoms with Gasteiger partial charge in [0.25, 0.3) is 6.23 Å². The van der Waals surface area contributed by atoms with Gasteiger partial charge in [-0.25, -0.2) is 4.79 Å². The van der Waals surface area contributed by atoms with Crippen molar-refractivity contribution >= 4 is 12.6 Å². The summed E-state index contributed by atoms with van der Waals surface area (Å²) in [5.41, 5.74) is -0.00604. The van der Waals surface area contributed by atoms with Crippen LogP contribution in [-0.2, 0) is 9.53 Å². The Labute approximate surface area is 66.7 Å². The maximum absolute atomic E-state index is 10.5. The number of hydrogen-bond acceptors (Lipinski definition) is 2. The van der Waals surface area contributed by atoms with Crippen molar-refractivity contribution in [2.75, 3.05) is 6.61 Å². The van der Waals surface area contributed by atoms with Gasteiger partial charge >= 0.3 is 6.41 Å². The minimum absolute atomic E-state index is 0.00604. The Hall–Kier alpha value is -0.700. The monoisotopic (exact) mass is 156 g/mol. The van der Waals surface area contributed by atoms with Crippen molar-refractivity contribution < 1.29 is 14.1 Å². The number of ether oxygens (including phenoxy) is 1. The van der Waals surface area contributed by atoms with Crippen LogP contribution in [0.3, 0.4) is 0 Å². The number of hydrogen-bond donors (Lipinski definition) is 0. The SMILES string of the molecule is CC(C)(C)C1OCC=[N+]1C=O. The third kappa shape index (κ3) is 1.66. The van der Waals surface area contributed by atoms with E-state index in [9.17, 15) is 4.79 Å². The van der Waals surface area contributed by atoms with Gasteiger partial charge < -0.3 is 4.74 Å². The van der Waals surface area contributed by atoms with Gasteiger partial charge in [-0.05, 0) is 0 Å². The molecule has 0 aromatic carbocycles. The lowest BCUT2D eigenvalue weighted by molar-refractivity contribution is -0.527. The molecule has 0 N–H and O–H groups in total. The second-order valence-corrected chi connectivity index (χ2v) is 3.79. The lowest BCUT2D eigenvalue weighted by Gasteiger charge is -2.20. The molecule has 0 aromatic heterocycles. The molecule has 0 aliphatic carbocycles. The van der Waals surface area contributed by atoms with Gasteiger partial charge in [0, 0.05) is 0 Å². The van der Waals surface area contributed by atoms with E-state index in [-0.39, 0.29) is 11.6 Å². The summed E-state index contributed by atoms with van der Waals surface area (Å²) in [7, 11) is 0. The van der Waals surface area contributed by atoms with Crippen LogP contribution in [0.2, 0.25) is 0 Å². The molecule has 11 heavy (non-hydrogen) atoms. The molecule has 0 saturated heterocycles. The van der Waals surface area contributed by atoms with E-state index < -0.39 is 0 Å². The highest BCUT2D eigenvalue weighted by atomic mass is 16.5. The Bertz CT molecular complexity index is 191. The van der Waals surface area contributed by atoms with Gasteiger partial charge in [0.1, 0.15) is 6.61 Å². The quantitative estimate of drug-likeness (QED) is 0.411. The normalized spacial score (nSPS) is 25.0. The molecule has 1 unspecified atom stereocenters. The highest BCUT2D eigenvalue weighted by molar-refractivity contribution is 5.59. The van der Waals surface area contributed by atoms with Crippen LogP contribution in [0.4, 0.5) is 0 Å². The molecule has 1 amide bonds.